The average molecular weight is 415 g/mol. The van der Waals surface area contributed by atoms with Crippen LogP contribution in [0.25, 0.3) is 5.69 Å². The summed E-state index contributed by atoms with van der Waals surface area (Å²) in [7, 11) is 0. The summed E-state index contributed by atoms with van der Waals surface area (Å²) in [5.41, 5.74) is 6.15. The zero-order valence-corrected chi connectivity index (χ0v) is 17.7. The molecule has 0 bridgehead atoms. The first-order valence-corrected chi connectivity index (χ1v) is 11.0. The molecule has 0 atom stereocenters. The van der Waals surface area contributed by atoms with Crippen LogP contribution in [0.1, 0.15) is 56.9 Å². The topological polar surface area (TPSA) is 67.2 Å². The molecule has 2 heterocycles. The Balaban J connectivity index is 1.35. The van der Waals surface area contributed by atoms with E-state index in [1.807, 2.05) is 21.7 Å². The van der Waals surface area contributed by atoms with E-state index in [2.05, 4.69) is 29.5 Å². The maximum Gasteiger partial charge on any atom is 0.276 e. The number of rotatable bonds is 4. The van der Waals surface area contributed by atoms with Gasteiger partial charge < -0.3 is 10.2 Å². The van der Waals surface area contributed by atoms with Gasteiger partial charge in [0.15, 0.2) is 5.69 Å². The Hall–Kier alpha value is -3.41. The van der Waals surface area contributed by atoms with Crippen molar-refractivity contribution in [3.8, 4) is 5.69 Å². The molecule has 31 heavy (non-hydrogen) atoms. The summed E-state index contributed by atoms with van der Waals surface area (Å²) < 4.78 is 1.91. The SMILES string of the molecule is Cc1ccc(-n2nc(C(=O)Nc3ccc(C(=O)N4CCCC4)cc3)c3c2CCC3)cc1. The number of nitrogens with one attached hydrogen (secondary N) is 1. The van der Waals surface area contributed by atoms with Crippen LogP contribution in [0.15, 0.2) is 48.5 Å². The number of aryl methyl sites for hydroxylation is 1. The molecular weight excluding hydrogens is 388 g/mol. The molecule has 1 aliphatic carbocycles. The summed E-state index contributed by atoms with van der Waals surface area (Å²) >= 11 is 0. The third-order valence-corrected chi connectivity index (χ3v) is 6.21. The third-order valence-electron chi connectivity index (χ3n) is 6.21. The summed E-state index contributed by atoms with van der Waals surface area (Å²) in [5, 5.41) is 7.63. The molecule has 2 aliphatic rings. The molecule has 1 aliphatic heterocycles. The van der Waals surface area contributed by atoms with Crippen molar-refractivity contribution in [3.63, 3.8) is 0 Å². The molecule has 2 aromatic carbocycles. The van der Waals surface area contributed by atoms with E-state index < -0.39 is 0 Å². The zero-order chi connectivity index (χ0) is 21.4. The maximum atomic E-state index is 13.0. The summed E-state index contributed by atoms with van der Waals surface area (Å²) in [6.45, 7) is 3.71. The number of benzene rings is 2. The van der Waals surface area contributed by atoms with E-state index in [4.69, 9.17) is 0 Å². The van der Waals surface area contributed by atoms with Crippen molar-refractivity contribution in [2.45, 2.75) is 39.0 Å². The predicted octanol–water partition coefficient (Wildman–Crippen LogP) is 4.16. The number of anilines is 1. The minimum absolute atomic E-state index is 0.0602. The first-order chi connectivity index (χ1) is 15.1. The Labute approximate surface area is 181 Å². The molecular formula is C25H26N4O2. The minimum atomic E-state index is -0.206. The second-order valence-corrected chi connectivity index (χ2v) is 8.41. The highest BCUT2D eigenvalue weighted by atomic mass is 16.2. The van der Waals surface area contributed by atoms with Crippen LogP contribution < -0.4 is 5.32 Å². The van der Waals surface area contributed by atoms with E-state index in [1.54, 1.807) is 24.3 Å². The normalized spacial score (nSPS) is 15.2. The Bertz CT molecular complexity index is 1120. The number of amides is 2. The number of hydrogen-bond donors (Lipinski definition) is 1. The molecule has 2 amide bonds. The van der Waals surface area contributed by atoms with Crippen molar-refractivity contribution in [1.82, 2.24) is 14.7 Å². The van der Waals surface area contributed by atoms with Crippen LogP contribution in [-0.2, 0) is 12.8 Å². The molecule has 0 spiro atoms. The summed E-state index contributed by atoms with van der Waals surface area (Å²) in [6.07, 6.45) is 4.97. The van der Waals surface area contributed by atoms with Gasteiger partial charge in [-0.2, -0.15) is 5.10 Å². The van der Waals surface area contributed by atoms with Crippen molar-refractivity contribution in [1.29, 1.82) is 0 Å². The fourth-order valence-electron chi connectivity index (χ4n) is 4.51. The maximum absolute atomic E-state index is 13.0. The van der Waals surface area contributed by atoms with E-state index in [9.17, 15) is 9.59 Å². The quantitative estimate of drug-likeness (QED) is 0.697. The standard InChI is InChI=1S/C25H26N4O2/c1-17-7-13-20(14-8-17)29-22-6-4-5-21(22)23(27-29)24(30)26-19-11-9-18(10-12-19)25(31)28-15-2-3-16-28/h7-14H,2-6,15-16H2,1H3,(H,26,30). The van der Waals surface area contributed by atoms with Gasteiger partial charge in [-0.15, -0.1) is 0 Å². The van der Waals surface area contributed by atoms with Gasteiger partial charge in [0.1, 0.15) is 0 Å². The Kier molecular flexibility index (Phi) is 5.06. The van der Waals surface area contributed by atoms with Crippen molar-refractivity contribution in [2.24, 2.45) is 0 Å². The van der Waals surface area contributed by atoms with Gasteiger partial charge in [-0.25, -0.2) is 4.68 Å². The van der Waals surface area contributed by atoms with Crippen molar-refractivity contribution >= 4 is 17.5 Å². The molecule has 1 aromatic heterocycles. The predicted molar refractivity (Wildman–Crippen MR) is 120 cm³/mol. The van der Waals surface area contributed by atoms with Gasteiger partial charge >= 0.3 is 0 Å². The number of carbonyl (C=O) groups is 2. The Morgan fingerprint density at radius 3 is 2.32 bits per heavy atom. The molecule has 6 heteroatoms. The van der Waals surface area contributed by atoms with Crippen LogP contribution in [-0.4, -0.2) is 39.6 Å². The fraction of sp³-hybridized carbons (Fsp3) is 0.320. The van der Waals surface area contributed by atoms with Gasteiger partial charge in [-0.3, -0.25) is 9.59 Å². The lowest BCUT2D eigenvalue weighted by molar-refractivity contribution is 0.0792. The van der Waals surface area contributed by atoms with E-state index in [0.29, 0.717) is 16.9 Å². The highest BCUT2D eigenvalue weighted by Gasteiger charge is 2.27. The van der Waals surface area contributed by atoms with E-state index in [-0.39, 0.29) is 11.8 Å². The first-order valence-electron chi connectivity index (χ1n) is 11.0. The Morgan fingerprint density at radius 1 is 0.903 bits per heavy atom. The van der Waals surface area contributed by atoms with Crippen LogP contribution in [0.2, 0.25) is 0 Å². The van der Waals surface area contributed by atoms with Gasteiger partial charge in [0.05, 0.1) is 5.69 Å². The van der Waals surface area contributed by atoms with Gasteiger partial charge in [-0.1, -0.05) is 17.7 Å². The lowest BCUT2D eigenvalue weighted by Gasteiger charge is -2.15. The van der Waals surface area contributed by atoms with Crippen LogP contribution in [0.5, 0.6) is 0 Å². The summed E-state index contributed by atoms with van der Waals surface area (Å²) in [4.78, 5) is 27.4. The van der Waals surface area contributed by atoms with Gasteiger partial charge in [0.25, 0.3) is 11.8 Å². The largest absolute Gasteiger partial charge is 0.339 e. The van der Waals surface area contributed by atoms with Crippen LogP contribution in [0, 0.1) is 6.92 Å². The second-order valence-electron chi connectivity index (χ2n) is 8.41. The molecule has 158 valence electrons. The number of fused-ring (bicyclic) bond motifs is 1. The molecule has 1 saturated heterocycles. The molecule has 5 rings (SSSR count). The second kappa shape index (κ2) is 8.02. The van der Waals surface area contributed by atoms with Crippen molar-refractivity contribution in [2.75, 3.05) is 18.4 Å². The van der Waals surface area contributed by atoms with E-state index >= 15 is 0 Å². The highest BCUT2D eigenvalue weighted by Crippen LogP contribution is 2.28. The molecule has 1 N–H and O–H groups in total. The van der Waals surface area contributed by atoms with Crippen LogP contribution in [0.3, 0.4) is 0 Å². The number of nitrogens with zero attached hydrogens (tertiary/aromatic N) is 3. The lowest BCUT2D eigenvalue weighted by atomic mass is 10.1. The number of likely N-dealkylation sites (tertiary alicyclic amines) is 1. The molecule has 1 fully saturated rings. The van der Waals surface area contributed by atoms with Gasteiger partial charge in [0.2, 0.25) is 0 Å². The molecule has 3 aromatic rings. The van der Waals surface area contributed by atoms with Gasteiger partial charge in [0, 0.05) is 35.6 Å². The van der Waals surface area contributed by atoms with E-state index in [1.165, 1.54) is 5.56 Å². The molecule has 0 saturated carbocycles. The fourth-order valence-corrected chi connectivity index (χ4v) is 4.51. The van der Waals surface area contributed by atoms with Crippen molar-refractivity contribution in [3.05, 3.63) is 76.6 Å². The smallest absolute Gasteiger partial charge is 0.276 e. The average Bonchev–Trinajstić information content (AvgIpc) is 3.52. The van der Waals surface area contributed by atoms with E-state index in [0.717, 1.165) is 62.1 Å². The molecule has 0 radical (unpaired) electrons. The third kappa shape index (κ3) is 3.74. The summed E-state index contributed by atoms with van der Waals surface area (Å²) in [6, 6.07) is 15.3. The first kappa shape index (κ1) is 19.5. The number of hydrogen-bond acceptors (Lipinski definition) is 3. The zero-order valence-electron chi connectivity index (χ0n) is 17.7. The van der Waals surface area contributed by atoms with Gasteiger partial charge in [-0.05, 0) is 75.4 Å². The minimum Gasteiger partial charge on any atom is -0.339 e. The monoisotopic (exact) mass is 414 g/mol. The molecule has 6 nitrogen and oxygen atoms in total. The number of aromatic nitrogens is 2. The lowest BCUT2D eigenvalue weighted by Crippen LogP contribution is -2.27. The molecule has 0 unspecified atom stereocenters. The van der Waals surface area contributed by atoms with Crippen molar-refractivity contribution < 1.29 is 9.59 Å². The summed E-state index contributed by atoms with van der Waals surface area (Å²) in [5.74, 6) is -0.146. The van der Waals surface area contributed by atoms with Crippen LogP contribution >= 0.6 is 0 Å². The Morgan fingerprint density at radius 2 is 1.61 bits per heavy atom. The highest BCUT2D eigenvalue weighted by molar-refractivity contribution is 6.04. The number of carbonyl (C=O) groups excluding carboxylic acids is 2. The van der Waals surface area contributed by atoms with Crippen LogP contribution in [0.4, 0.5) is 5.69 Å².